The molecule has 1 aliphatic heterocycles. The van der Waals surface area contributed by atoms with Gasteiger partial charge in [-0.2, -0.15) is 0 Å². The number of nitrogens with zero attached hydrogens (tertiary/aromatic N) is 2. The number of carbonyl (C=O) groups excluding carboxylic acids is 2. The monoisotopic (exact) mass is 479 g/mol. The van der Waals surface area contributed by atoms with E-state index >= 15 is 0 Å². The fraction of sp³-hybridized carbons (Fsp3) is 0.931. The highest BCUT2D eigenvalue weighted by Crippen LogP contribution is 2.25. The number of likely N-dealkylation sites (tertiary alicyclic amines) is 1. The van der Waals surface area contributed by atoms with Crippen molar-refractivity contribution in [2.75, 3.05) is 26.2 Å². The van der Waals surface area contributed by atoms with E-state index in [1.165, 1.54) is 83.5 Å². The molecule has 5 nitrogen and oxygen atoms in total. The predicted molar refractivity (Wildman–Crippen MR) is 145 cm³/mol. The minimum absolute atomic E-state index is 0.114. The molecule has 0 bridgehead atoms. The van der Waals surface area contributed by atoms with E-state index in [9.17, 15) is 9.59 Å². The Bertz CT molecular complexity index is 535. The molecule has 0 radical (unpaired) electrons. The van der Waals surface area contributed by atoms with Crippen molar-refractivity contribution >= 4 is 11.8 Å². The second kappa shape index (κ2) is 19.1. The molecule has 1 N–H and O–H groups in total. The number of amides is 2. The predicted octanol–water partition coefficient (Wildman–Crippen LogP) is 7.25. The van der Waals surface area contributed by atoms with Gasteiger partial charge in [0.2, 0.25) is 11.8 Å². The summed E-state index contributed by atoms with van der Waals surface area (Å²) in [6.45, 7) is 11.6. The van der Waals surface area contributed by atoms with E-state index in [4.69, 9.17) is 0 Å². The molecule has 0 aromatic rings. The Hall–Kier alpha value is -1.10. The Morgan fingerprint density at radius 3 is 1.82 bits per heavy atom. The van der Waals surface area contributed by atoms with Gasteiger partial charge in [-0.25, -0.2) is 5.01 Å². The molecule has 200 valence electrons. The van der Waals surface area contributed by atoms with Crippen LogP contribution in [0.1, 0.15) is 143 Å². The zero-order valence-electron chi connectivity index (χ0n) is 23.3. The van der Waals surface area contributed by atoms with Crippen LogP contribution in [0, 0.1) is 5.41 Å². The third kappa shape index (κ3) is 14.3. The first-order chi connectivity index (χ1) is 16.4. The number of rotatable bonds is 22. The van der Waals surface area contributed by atoms with Crippen molar-refractivity contribution < 1.29 is 9.59 Å². The first-order valence-electron chi connectivity index (χ1n) is 14.7. The fourth-order valence-electron chi connectivity index (χ4n) is 4.85. The lowest BCUT2D eigenvalue weighted by molar-refractivity contribution is -0.135. The van der Waals surface area contributed by atoms with E-state index in [0.29, 0.717) is 19.5 Å². The van der Waals surface area contributed by atoms with Crippen molar-refractivity contribution in [1.29, 1.82) is 0 Å². The molecular formula is C29H57N3O2. The molecule has 1 aliphatic rings. The van der Waals surface area contributed by atoms with Crippen LogP contribution in [0.5, 0.6) is 0 Å². The van der Waals surface area contributed by atoms with Crippen molar-refractivity contribution in [3.8, 4) is 0 Å². The third-order valence-electron chi connectivity index (χ3n) is 7.33. The van der Waals surface area contributed by atoms with Gasteiger partial charge in [0.1, 0.15) is 0 Å². The number of nitrogens with one attached hydrogen (secondary N) is 1. The SMILES string of the molecule is CCCCCCCCCCCCCCCCC(C)(C)C(=O)NN(CCC)CCN1CCCC1=O. The topological polar surface area (TPSA) is 52.7 Å². The molecule has 1 saturated heterocycles. The number of unbranched alkanes of at least 4 members (excludes halogenated alkanes) is 13. The van der Waals surface area contributed by atoms with E-state index in [1.807, 2.05) is 9.91 Å². The van der Waals surface area contributed by atoms with Gasteiger partial charge in [-0.15, -0.1) is 0 Å². The van der Waals surface area contributed by atoms with Crippen LogP contribution >= 0.6 is 0 Å². The van der Waals surface area contributed by atoms with Crippen LogP contribution < -0.4 is 5.43 Å². The normalized spacial score (nSPS) is 14.4. The highest BCUT2D eigenvalue weighted by Gasteiger charge is 2.28. The van der Waals surface area contributed by atoms with Gasteiger partial charge in [0.25, 0.3) is 0 Å². The van der Waals surface area contributed by atoms with Crippen molar-refractivity contribution in [2.24, 2.45) is 5.41 Å². The van der Waals surface area contributed by atoms with E-state index in [-0.39, 0.29) is 17.2 Å². The van der Waals surface area contributed by atoms with E-state index in [1.54, 1.807) is 0 Å². The summed E-state index contributed by atoms with van der Waals surface area (Å²) in [7, 11) is 0. The lowest BCUT2D eigenvalue weighted by Gasteiger charge is -2.30. The molecule has 2 amide bonds. The van der Waals surface area contributed by atoms with E-state index < -0.39 is 0 Å². The summed E-state index contributed by atoms with van der Waals surface area (Å²) in [4.78, 5) is 26.7. The summed E-state index contributed by atoms with van der Waals surface area (Å²) in [5.74, 6) is 0.365. The lowest BCUT2D eigenvalue weighted by Crippen LogP contribution is -2.50. The second-order valence-electron chi connectivity index (χ2n) is 11.1. The minimum Gasteiger partial charge on any atom is -0.341 e. The summed E-state index contributed by atoms with van der Waals surface area (Å²) in [6.07, 6.45) is 22.5. The summed E-state index contributed by atoms with van der Waals surface area (Å²) in [5, 5.41) is 2.01. The Labute approximate surface area is 211 Å². The summed E-state index contributed by atoms with van der Waals surface area (Å²) < 4.78 is 0. The molecule has 0 aromatic carbocycles. The standard InChI is InChI=1S/C29H57N3O2/c1-5-7-8-9-10-11-12-13-14-15-16-17-18-19-22-29(3,4)28(34)30-32(23-6-2)26-25-31-24-20-21-27(31)33/h5-26H2,1-4H3,(H,30,34). The van der Waals surface area contributed by atoms with Crippen LogP contribution in [-0.4, -0.2) is 47.9 Å². The number of hydrogen-bond acceptors (Lipinski definition) is 3. The molecule has 1 heterocycles. The van der Waals surface area contributed by atoms with Crippen LogP contribution in [0.15, 0.2) is 0 Å². The lowest BCUT2D eigenvalue weighted by atomic mass is 9.86. The van der Waals surface area contributed by atoms with Crippen LogP contribution in [0.25, 0.3) is 0 Å². The number of hydrazine groups is 1. The molecule has 0 aliphatic carbocycles. The average molecular weight is 480 g/mol. The number of carbonyl (C=O) groups is 2. The molecule has 0 spiro atoms. The number of hydrogen-bond donors (Lipinski definition) is 1. The first-order valence-corrected chi connectivity index (χ1v) is 14.7. The molecule has 5 heteroatoms. The highest BCUT2D eigenvalue weighted by atomic mass is 16.2. The minimum atomic E-state index is -0.355. The van der Waals surface area contributed by atoms with Gasteiger partial charge in [-0.1, -0.05) is 118 Å². The summed E-state index contributed by atoms with van der Waals surface area (Å²) in [6, 6.07) is 0. The zero-order valence-corrected chi connectivity index (χ0v) is 23.3. The van der Waals surface area contributed by atoms with Crippen molar-refractivity contribution in [3.63, 3.8) is 0 Å². The van der Waals surface area contributed by atoms with Gasteiger partial charge < -0.3 is 4.90 Å². The molecule has 0 unspecified atom stereocenters. The Morgan fingerprint density at radius 1 is 0.824 bits per heavy atom. The summed E-state index contributed by atoms with van der Waals surface area (Å²) in [5.41, 5.74) is 2.80. The van der Waals surface area contributed by atoms with Gasteiger partial charge in [-0.05, 0) is 19.3 Å². The molecule has 1 fully saturated rings. The smallest absolute Gasteiger partial charge is 0.239 e. The van der Waals surface area contributed by atoms with Crippen LogP contribution in [0.2, 0.25) is 0 Å². The maximum absolute atomic E-state index is 12.9. The van der Waals surface area contributed by atoms with Crippen molar-refractivity contribution in [2.45, 2.75) is 143 Å². The van der Waals surface area contributed by atoms with Crippen LogP contribution in [0.3, 0.4) is 0 Å². The van der Waals surface area contributed by atoms with Gasteiger partial charge >= 0.3 is 0 Å². The maximum Gasteiger partial charge on any atom is 0.239 e. The fourth-order valence-corrected chi connectivity index (χ4v) is 4.85. The van der Waals surface area contributed by atoms with Crippen molar-refractivity contribution in [3.05, 3.63) is 0 Å². The maximum atomic E-state index is 12.9. The average Bonchev–Trinajstić information content (AvgIpc) is 3.22. The van der Waals surface area contributed by atoms with Crippen LogP contribution in [0.4, 0.5) is 0 Å². The largest absolute Gasteiger partial charge is 0.341 e. The van der Waals surface area contributed by atoms with E-state index in [0.717, 1.165) is 38.8 Å². The first kappa shape index (κ1) is 30.9. The van der Waals surface area contributed by atoms with Gasteiger partial charge in [0, 0.05) is 38.0 Å². The molecule has 1 rings (SSSR count). The Morgan fingerprint density at radius 2 is 1.35 bits per heavy atom. The molecule has 0 saturated carbocycles. The zero-order chi connectivity index (χ0) is 25.1. The van der Waals surface area contributed by atoms with Gasteiger partial charge in [-0.3, -0.25) is 15.0 Å². The Balaban J connectivity index is 2.09. The van der Waals surface area contributed by atoms with E-state index in [2.05, 4.69) is 33.1 Å². The molecule has 0 aromatic heterocycles. The quantitative estimate of drug-likeness (QED) is 0.131. The van der Waals surface area contributed by atoms with Gasteiger partial charge in [0.15, 0.2) is 0 Å². The molecule has 0 atom stereocenters. The Kier molecular flexibility index (Phi) is 17.4. The second-order valence-corrected chi connectivity index (χ2v) is 11.1. The van der Waals surface area contributed by atoms with Crippen molar-refractivity contribution in [1.82, 2.24) is 15.3 Å². The summed E-state index contributed by atoms with van der Waals surface area (Å²) >= 11 is 0. The van der Waals surface area contributed by atoms with Crippen LogP contribution in [-0.2, 0) is 9.59 Å². The molecular weight excluding hydrogens is 422 g/mol. The highest BCUT2D eigenvalue weighted by molar-refractivity contribution is 5.81. The third-order valence-corrected chi connectivity index (χ3v) is 7.33. The van der Waals surface area contributed by atoms with Gasteiger partial charge in [0.05, 0.1) is 0 Å². The molecule has 34 heavy (non-hydrogen) atoms.